The average molecular weight is 191 g/mol. The van der Waals surface area contributed by atoms with Gasteiger partial charge in [0, 0.05) is 11.9 Å². The average Bonchev–Trinajstić information content (AvgIpc) is 2.51. The first-order chi connectivity index (χ1) is 6.57. The summed E-state index contributed by atoms with van der Waals surface area (Å²) >= 11 is 0. The number of hydrogen-bond donors (Lipinski definition) is 2. The lowest BCUT2D eigenvalue weighted by Gasteiger charge is -2.32. The molecule has 0 saturated carbocycles. The van der Waals surface area contributed by atoms with Gasteiger partial charge in [-0.05, 0) is 36.0 Å². The van der Waals surface area contributed by atoms with Gasteiger partial charge in [0.2, 0.25) is 0 Å². The molecule has 0 amide bonds. The summed E-state index contributed by atoms with van der Waals surface area (Å²) < 4.78 is 0. The van der Waals surface area contributed by atoms with Crippen LogP contribution >= 0.6 is 0 Å². The van der Waals surface area contributed by atoms with Crippen LogP contribution in [0.5, 0.6) is 0 Å². The Morgan fingerprint density at radius 1 is 1.50 bits per heavy atom. The smallest absolute Gasteiger partial charge is 0.0732 e. The van der Waals surface area contributed by atoms with Crippen LogP contribution in [-0.2, 0) is 0 Å². The zero-order valence-corrected chi connectivity index (χ0v) is 8.75. The van der Waals surface area contributed by atoms with Gasteiger partial charge in [-0.2, -0.15) is 0 Å². The molecule has 0 radical (unpaired) electrons. The van der Waals surface area contributed by atoms with Gasteiger partial charge in [0.05, 0.1) is 6.10 Å². The van der Waals surface area contributed by atoms with Crippen molar-refractivity contribution in [1.29, 1.82) is 0 Å². The van der Waals surface area contributed by atoms with E-state index in [0.717, 1.165) is 18.5 Å². The third kappa shape index (κ3) is 1.90. The Hall–Kier alpha value is -1.02. The van der Waals surface area contributed by atoms with E-state index in [0.29, 0.717) is 0 Å². The second-order valence-corrected chi connectivity index (χ2v) is 4.89. The third-order valence-corrected chi connectivity index (χ3v) is 2.77. The quantitative estimate of drug-likeness (QED) is 0.703. The lowest BCUT2D eigenvalue weighted by atomic mass is 9.75. The van der Waals surface area contributed by atoms with E-state index in [1.54, 1.807) is 0 Å². The summed E-state index contributed by atoms with van der Waals surface area (Å²) in [6.45, 7) is 4.40. The number of hydrogen-bond acceptors (Lipinski definition) is 1. The maximum atomic E-state index is 9.72. The van der Waals surface area contributed by atoms with Crippen LogP contribution in [0.3, 0.4) is 0 Å². The molecule has 1 aromatic rings. The van der Waals surface area contributed by atoms with Crippen LogP contribution in [0.2, 0.25) is 0 Å². The minimum Gasteiger partial charge on any atom is -0.389 e. The van der Waals surface area contributed by atoms with Crippen LogP contribution in [0.25, 0.3) is 5.57 Å². The van der Waals surface area contributed by atoms with E-state index >= 15 is 0 Å². The number of aliphatic hydroxyl groups excluding tert-OH is 1. The van der Waals surface area contributed by atoms with E-state index in [1.165, 1.54) is 5.57 Å². The standard InChI is InChI=1S/C12H17NO/c1-12(2)7-9(6-10(14)8-12)11-4-3-5-13-11/h3-6,10,13-14H,7-8H2,1-2H3. The predicted octanol–water partition coefficient (Wildman–Crippen LogP) is 2.58. The molecule has 1 aliphatic carbocycles. The first kappa shape index (κ1) is 9.53. The number of allylic oxidation sites excluding steroid dienone is 1. The van der Waals surface area contributed by atoms with E-state index in [9.17, 15) is 5.11 Å². The molecule has 0 spiro atoms. The lowest BCUT2D eigenvalue weighted by Crippen LogP contribution is -2.24. The Morgan fingerprint density at radius 2 is 2.29 bits per heavy atom. The fourth-order valence-electron chi connectivity index (χ4n) is 2.22. The van der Waals surface area contributed by atoms with Crippen molar-refractivity contribution in [2.75, 3.05) is 0 Å². The van der Waals surface area contributed by atoms with Crippen LogP contribution in [0, 0.1) is 5.41 Å². The van der Waals surface area contributed by atoms with Crippen molar-refractivity contribution in [3.63, 3.8) is 0 Å². The molecule has 1 aliphatic rings. The maximum absolute atomic E-state index is 9.72. The number of aromatic amines is 1. The van der Waals surface area contributed by atoms with Crippen molar-refractivity contribution in [3.05, 3.63) is 30.1 Å². The second-order valence-electron chi connectivity index (χ2n) is 4.89. The molecule has 76 valence electrons. The molecular weight excluding hydrogens is 174 g/mol. The first-order valence-electron chi connectivity index (χ1n) is 5.09. The summed E-state index contributed by atoms with van der Waals surface area (Å²) in [5.74, 6) is 0. The molecule has 2 heteroatoms. The summed E-state index contributed by atoms with van der Waals surface area (Å²) in [6.07, 6.45) is 5.49. The van der Waals surface area contributed by atoms with Gasteiger partial charge in [-0.25, -0.2) is 0 Å². The van der Waals surface area contributed by atoms with Gasteiger partial charge in [-0.15, -0.1) is 0 Å². The molecule has 1 heterocycles. The Labute approximate surface area is 84.7 Å². The Kier molecular flexibility index (Phi) is 2.23. The number of aliphatic hydroxyl groups is 1. The fraction of sp³-hybridized carbons (Fsp3) is 0.500. The van der Waals surface area contributed by atoms with Crippen molar-refractivity contribution in [2.45, 2.75) is 32.8 Å². The van der Waals surface area contributed by atoms with Crippen LogP contribution in [-0.4, -0.2) is 16.2 Å². The molecule has 14 heavy (non-hydrogen) atoms. The molecule has 1 aromatic heterocycles. The molecule has 0 saturated heterocycles. The highest BCUT2D eigenvalue weighted by atomic mass is 16.3. The van der Waals surface area contributed by atoms with E-state index in [4.69, 9.17) is 0 Å². The highest BCUT2D eigenvalue weighted by molar-refractivity contribution is 5.64. The zero-order chi connectivity index (χ0) is 10.2. The zero-order valence-electron chi connectivity index (χ0n) is 8.75. The number of H-pyrrole nitrogens is 1. The van der Waals surface area contributed by atoms with Gasteiger partial charge in [-0.3, -0.25) is 0 Å². The molecule has 0 aliphatic heterocycles. The van der Waals surface area contributed by atoms with Gasteiger partial charge >= 0.3 is 0 Å². The van der Waals surface area contributed by atoms with Gasteiger partial charge in [0.1, 0.15) is 0 Å². The normalized spacial score (nSPS) is 25.9. The predicted molar refractivity (Wildman–Crippen MR) is 57.8 cm³/mol. The van der Waals surface area contributed by atoms with E-state index in [-0.39, 0.29) is 11.5 Å². The SMILES string of the molecule is CC1(C)CC(c2ccc[nH]2)=CC(O)C1. The van der Waals surface area contributed by atoms with Crippen LogP contribution in [0.4, 0.5) is 0 Å². The molecule has 1 unspecified atom stereocenters. The summed E-state index contributed by atoms with van der Waals surface area (Å²) in [6, 6.07) is 4.05. The summed E-state index contributed by atoms with van der Waals surface area (Å²) in [7, 11) is 0. The van der Waals surface area contributed by atoms with Crippen LogP contribution in [0.15, 0.2) is 24.4 Å². The molecule has 2 N–H and O–H groups in total. The largest absolute Gasteiger partial charge is 0.389 e. The maximum Gasteiger partial charge on any atom is 0.0732 e. The van der Waals surface area contributed by atoms with E-state index in [1.807, 2.05) is 18.3 Å². The highest BCUT2D eigenvalue weighted by Gasteiger charge is 2.28. The van der Waals surface area contributed by atoms with Gasteiger partial charge < -0.3 is 10.1 Å². The molecule has 0 bridgehead atoms. The van der Waals surface area contributed by atoms with Crippen molar-refractivity contribution in [2.24, 2.45) is 5.41 Å². The van der Waals surface area contributed by atoms with E-state index in [2.05, 4.69) is 24.9 Å². The minimum atomic E-state index is -0.294. The van der Waals surface area contributed by atoms with Crippen molar-refractivity contribution in [3.8, 4) is 0 Å². The molecule has 1 atom stereocenters. The minimum absolute atomic E-state index is 0.203. The monoisotopic (exact) mass is 191 g/mol. The van der Waals surface area contributed by atoms with Gasteiger partial charge in [-0.1, -0.05) is 19.9 Å². The fourth-order valence-corrected chi connectivity index (χ4v) is 2.22. The van der Waals surface area contributed by atoms with Crippen molar-refractivity contribution < 1.29 is 5.11 Å². The van der Waals surface area contributed by atoms with Crippen molar-refractivity contribution >= 4 is 5.57 Å². The molecule has 0 aromatic carbocycles. The molecular formula is C12H17NO. The van der Waals surface area contributed by atoms with Crippen LogP contribution < -0.4 is 0 Å². The Morgan fingerprint density at radius 3 is 2.86 bits per heavy atom. The highest BCUT2D eigenvalue weighted by Crippen LogP contribution is 2.38. The Balaban J connectivity index is 2.28. The summed E-state index contributed by atoms with van der Waals surface area (Å²) in [4.78, 5) is 3.19. The molecule has 2 rings (SSSR count). The summed E-state index contributed by atoms with van der Waals surface area (Å²) in [5.41, 5.74) is 2.57. The topological polar surface area (TPSA) is 36.0 Å². The first-order valence-corrected chi connectivity index (χ1v) is 5.09. The lowest BCUT2D eigenvalue weighted by molar-refractivity contribution is 0.146. The molecule has 2 nitrogen and oxygen atoms in total. The van der Waals surface area contributed by atoms with Gasteiger partial charge in [0.15, 0.2) is 0 Å². The van der Waals surface area contributed by atoms with Crippen LogP contribution in [0.1, 0.15) is 32.4 Å². The van der Waals surface area contributed by atoms with E-state index < -0.39 is 0 Å². The number of rotatable bonds is 1. The third-order valence-electron chi connectivity index (χ3n) is 2.77. The van der Waals surface area contributed by atoms with Crippen molar-refractivity contribution in [1.82, 2.24) is 4.98 Å². The Bertz CT molecular complexity index is 335. The van der Waals surface area contributed by atoms with Gasteiger partial charge in [0.25, 0.3) is 0 Å². The molecule has 0 fully saturated rings. The second kappa shape index (κ2) is 3.28. The number of aromatic nitrogens is 1. The number of nitrogens with one attached hydrogen (secondary N) is 1. The summed E-state index contributed by atoms with van der Waals surface area (Å²) in [5, 5.41) is 9.72.